The number of hydrogen-bond donors (Lipinski definition) is 1. The molecule has 2 aromatic carbocycles. The number of halogens is 1. The number of hydrogen-bond acceptors (Lipinski definition) is 4. The van der Waals surface area contributed by atoms with Gasteiger partial charge in [0.2, 0.25) is 0 Å². The number of benzene rings is 2. The second-order valence-corrected chi connectivity index (χ2v) is 8.56. The summed E-state index contributed by atoms with van der Waals surface area (Å²) in [4.78, 5) is 15.0. The summed E-state index contributed by atoms with van der Waals surface area (Å²) in [5.74, 6) is 2.39. The molecule has 5 rings (SSSR count). The molecule has 0 spiro atoms. The fourth-order valence-corrected chi connectivity index (χ4v) is 5.03. The minimum Gasteiger partial charge on any atom is -0.487 e. The Bertz CT molecular complexity index is 982. The van der Waals surface area contributed by atoms with Crippen molar-refractivity contribution in [3.05, 3.63) is 64.5 Å². The molecule has 1 N–H and O–H groups in total. The van der Waals surface area contributed by atoms with Gasteiger partial charge < -0.3 is 15.0 Å². The molecule has 0 aliphatic carbocycles. The molecule has 0 aromatic heterocycles. The first-order chi connectivity index (χ1) is 13.7. The van der Waals surface area contributed by atoms with Crippen molar-refractivity contribution in [1.29, 1.82) is 0 Å². The summed E-state index contributed by atoms with van der Waals surface area (Å²) >= 11 is 2.03. The lowest BCUT2D eigenvalue weighted by molar-refractivity contribution is -0.110. The van der Waals surface area contributed by atoms with E-state index in [0.717, 1.165) is 24.1 Å². The van der Waals surface area contributed by atoms with E-state index in [1.54, 1.807) is 6.07 Å². The van der Waals surface area contributed by atoms with Crippen LogP contribution in [0.2, 0.25) is 0 Å². The highest BCUT2D eigenvalue weighted by atomic mass is 32.2. The van der Waals surface area contributed by atoms with Crippen molar-refractivity contribution in [3.8, 4) is 0 Å². The topological polar surface area (TPSA) is 41.6 Å². The Hall–Kier alpha value is -2.31. The van der Waals surface area contributed by atoms with Gasteiger partial charge in [-0.3, -0.25) is 4.79 Å². The molecule has 4 nitrogen and oxygen atoms in total. The molecule has 6 heteroatoms. The van der Waals surface area contributed by atoms with Gasteiger partial charge in [0.05, 0.1) is 5.57 Å². The van der Waals surface area contributed by atoms with Crippen molar-refractivity contribution < 1.29 is 13.9 Å². The zero-order chi connectivity index (χ0) is 19.1. The lowest BCUT2D eigenvalue weighted by Gasteiger charge is -2.26. The standard InChI is InChI=1S/C22H21FN2O2S/c23-16-2-4-19-18(12-16)20(22(26)24-19)21-17-3-1-14(11-15(17)13-27-21)5-6-25-7-9-28-10-8-25/h1-4,11-12H,5-10,13H2,(H,24,26)/b21-20+. The molecular formula is C22H21FN2O2S. The van der Waals surface area contributed by atoms with Crippen LogP contribution in [0.5, 0.6) is 0 Å². The molecule has 144 valence electrons. The van der Waals surface area contributed by atoms with Crippen LogP contribution in [0.25, 0.3) is 11.3 Å². The molecule has 3 heterocycles. The number of thioether (sulfide) groups is 1. The van der Waals surface area contributed by atoms with Gasteiger partial charge >= 0.3 is 0 Å². The maximum absolute atomic E-state index is 13.7. The number of ether oxygens (including phenoxy) is 1. The van der Waals surface area contributed by atoms with E-state index >= 15 is 0 Å². The third-order valence-corrected chi connectivity index (χ3v) is 6.50. The van der Waals surface area contributed by atoms with Gasteiger partial charge in [-0.1, -0.05) is 18.2 Å². The molecule has 1 amide bonds. The SMILES string of the molecule is O=C1Nc2ccc(F)cc2/C1=C1\OCc2cc(CCN3CCSCC3)ccc21. The van der Waals surface area contributed by atoms with Crippen LogP contribution in [0.4, 0.5) is 10.1 Å². The minimum absolute atomic E-state index is 0.240. The zero-order valence-corrected chi connectivity index (χ0v) is 16.3. The average Bonchev–Trinajstić information content (AvgIpc) is 3.26. The number of nitrogens with zero attached hydrogens (tertiary/aromatic N) is 1. The molecule has 0 unspecified atom stereocenters. The highest BCUT2D eigenvalue weighted by molar-refractivity contribution is 7.99. The van der Waals surface area contributed by atoms with Crippen molar-refractivity contribution in [2.75, 3.05) is 36.5 Å². The van der Waals surface area contributed by atoms with Crippen molar-refractivity contribution in [1.82, 2.24) is 4.90 Å². The van der Waals surface area contributed by atoms with Gasteiger partial charge in [0.25, 0.3) is 5.91 Å². The van der Waals surface area contributed by atoms with E-state index in [2.05, 4.69) is 22.3 Å². The van der Waals surface area contributed by atoms with Gasteiger partial charge in [-0.25, -0.2) is 4.39 Å². The number of amides is 1. The molecule has 3 aliphatic rings. The molecule has 2 aromatic rings. The summed E-state index contributed by atoms with van der Waals surface area (Å²) in [6.07, 6.45) is 1.01. The van der Waals surface area contributed by atoms with Crippen molar-refractivity contribution >= 4 is 34.7 Å². The van der Waals surface area contributed by atoms with Crippen LogP contribution in [-0.4, -0.2) is 41.9 Å². The van der Waals surface area contributed by atoms with Gasteiger partial charge in [0.1, 0.15) is 18.2 Å². The summed E-state index contributed by atoms with van der Waals surface area (Å²) in [6.45, 7) is 3.85. The van der Waals surface area contributed by atoms with E-state index in [9.17, 15) is 9.18 Å². The second-order valence-electron chi connectivity index (χ2n) is 7.33. The van der Waals surface area contributed by atoms with Gasteiger partial charge in [-0.2, -0.15) is 11.8 Å². The van der Waals surface area contributed by atoms with Crippen molar-refractivity contribution in [3.63, 3.8) is 0 Å². The van der Waals surface area contributed by atoms with E-state index in [1.165, 1.54) is 42.3 Å². The Morgan fingerprint density at radius 3 is 2.82 bits per heavy atom. The molecule has 0 atom stereocenters. The van der Waals surface area contributed by atoms with Crippen LogP contribution in [0.15, 0.2) is 36.4 Å². The summed E-state index contributed by atoms with van der Waals surface area (Å²) in [5, 5.41) is 2.80. The maximum atomic E-state index is 13.7. The molecule has 0 bridgehead atoms. The fourth-order valence-electron chi connectivity index (χ4n) is 4.05. The Kier molecular flexibility index (Phi) is 4.61. The van der Waals surface area contributed by atoms with Gasteiger partial charge in [0.15, 0.2) is 0 Å². The van der Waals surface area contributed by atoms with Crippen molar-refractivity contribution in [2.24, 2.45) is 0 Å². The average molecular weight is 396 g/mol. The molecule has 0 saturated carbocycles. The van der Waals surface area contributed by atoms with Crippen molar-refractivity contribution in [2.45, 2.75) is 13.0 Å². The highest BCUT2D eigenvalue weighted by Gasteiger charge is 2.32. The van der Waals surface area contributed by atoms with Gasteiger partial charge in [-0.05, 0) is 30.2 Å². The van der Waals surface area contributed by atoms with Crippen LogP contribution in [0.1, 0.15) is 22.3 Å². The quantitative estimate of drug-likeness (QED) is 0.802. The first kappa shape index (κ1) is 17.8. The van der Waals surface area contributed by atoms with E-state index in [1.807, 2.05) is 17.8 Å². The number of carbonyl (C=O) groups excluding carboxylic acids is 1. The third kappa shape index (κ3) is 3.20. The Morgan fingerprint density at radius 2 is 1.96 bits per heavy atom. The fraction of sp³-hybridized carbons (Fsp3) is 0.318. The van der Waals surface area contributed by atoms with E-state index in [-0.39, 0.29) is 11.7 Å². The number of nitrogens with one attached hydrogen (secondary N) is 1. The normalized spacial score (nSPS) is 21.2. The van der Waals surface area contributed by atoms with E-state index < -0.39 is 0 Å². The van der Waals surface area contributed by atoms with Crippen LogP contribution >= 0.6 is 11.8 Å². The predicted molar refractivity (Wildman–Crippen MR) is 111 cm³/mol. The monoisotopic (exact) mass is 396 g/mol. The van der Waals surface area contributed by atoms with Crippen LogP contribution < -0.4 is 5.32 Å². The Balaban J connectivity index is 1.42. The third-order valence-electron chi connectivity index (χ3n) is 5.56. The Labute approximate surface area is 167 Å². The summed E-state index contributed by atoms with van der Waals surface area (Å²) < 4.78 is 19.6. The maximum Gasteiger partial charge on any atom is 0.260 e. The summed E-state index contributed by atoms with van der Waals surface area (Å²) in [5.41, 5.74) is 4.93. The molecule has 28 heavy (non-hydrogen) atoms. The number of carbonyl (C=O) groups is 1. The van der Waals surface area contributed by atoms with E-state index in [0.29, 0.717) is 29.2 Å². The van der Waals surface area contributed by atoms with Crippen LogP contribution in [-0.2, 0) is 22.6 Å². The minimum atomic E-state index is -0.363. The van der Waals surface area contributed by atoms with Crippen LogP contribution in [0.3, 0.4) is 0 Å². The number of anilines is 1. The first-order valence-corrected chi connectivity index (χ1v) is 10.7. The van der Waals surface area contributed by atoms with E-state index in [4.69, 9.17) is 4.74 Å². The van der Waals surface area contributed by atoms with Crippen LogP contribution in [0, 0.1) is 5.82 Å². The second kappa shape index (κ2) is 7.26. The van der Waals surface area contributed by atoms with Gasteiger partial charge in [0, 0.05) is 53.5 Å². The van der Waals surface area contributed by atoms with Gasteiger partial charge in [-0.15, -0.1) is 0 Å². The predicted octanol–water partition coefficient (Wildman–Crippen LogP) is 3.77. The molecule has 1 fully saturated rings. The smallest absolute Gasteiger partial charge is 0.260 e. The summed E-state index contributed by atoms with van der Waals surface area (Å²) in [6, 6.07) is 10.7. The largest absolute Gasteiger partial charge is 0.487 e. The lowest BCUT2D eigenvalue weighted by Crippen LogP contribution is -2.34. The molecule has 0 radical (unpaired) electrons. The zero-order valence-electron chi connectivity index (χ0n) is 15.5. The Morgan fingerprint density at radius 1 is 1.11 bits per heavy atom. The molecule has 1 saturated heterocycles. The lowest BCUT2D eigenvalue weighted by atomic mass is 9.98. The number of rotatable bonds is 3. The summed E-state index contributed by atoms with van der Waals surface area (Å²) in [7, 11) is 0. The highest BCUT2D eigenvalue weighted by Crippen LogP contribution is 2.41. The number of fused-ring (bicyclic) bond motifs is 2. The molecule has 3 aliphatic heterocycles. The molecular weight excluding hydrogens is 375 g/mol. The first-order valence-electron chi connectivity index (χ1n) is 9.60.